The number of amides is 1. The summed E-state index contributed by atoms with van der Waals surface area (Å²) >= 11 is 0. The lowest BCUT2D eigenvalue weighted by atomic mass is 9.78. The Balaban J connectivity index is 1.52. The summed E-state index contributed by atoms with van der Waals surface area (Å²) in [6, 6.07) is 5.30. The Morgan fingerprint density at radius 1 is 1.12 bits per heavy atom. The Bertz CT molecular complexity index is 1760. The lowest BCUT2D eigenvalue weighted by Crippen LogP contribution is -2.36. The second kappa shape index (κ2) is 9.22. The molecule has 0 spiro atoms. The van der Waals surface area contributed by atoms with Crippen molar-refractivity contribution in [1.29, 1.82) is 0 Å². The first kappa shape index (κ1) is 27.6. The smallest absolute Gasteiger partial charge is 0.383 e. The largest absolute Gasteiger partial charge is 0.453 e. The molecule has 6 rings (SSSR count). The van der Waals surface area contributed by atoms with Gasteiger partial charge in [0.25, 0.3) is 0 Å². The van der Waals surface area contributed by atoms with Crippen LogP contribution < -0.4 is 11.1 Å². The molecule has 1 aliphatic heterocycles. The van der Waals surface area contributed by atoms with Crippen LogP contribution in [0.3, 0.4) is 0 Å². The van der Waals surface area contributed by atoms with E-state index < -0.39 is 42.1 Å². The second-order valence-corrected chi connectivity index (χ2v) is 10.4. The molecule has 1 aromatic carbocycles. The topological polar surface area (TPSA) is 124 Å². The van der Waals surface area contributed by atoms with Gasteiger partial charge in [0, 0.05) is 25.0 Å². The lowest BCUT2D eigenvalue weighted by molar-refractivity contribution is -0.284. The van der Waals surface area contributed by atoms with E-state index in [0.29, 0.717) is 16.6 Å². The molecule has 0 saturated heterocycles. The highest BCUT2D eigenvalue weighted by Crippen LogP contribution is 2.47. The molecule has 218 valence electrons. The minimum Gasteiger partial charge on any atom is -0.383 e. The molecular formula is C27H22F6N8O. The number of rotatable bonds is 7. The molecule has 1 atom stereocenters. The van der Waals surface area contributed by atoms with E-state index in [4.69, 9.17) is 5.73 Å². The van der Waals surface area contributed by atoms with Gasteiger partial charge < -0.3 is 11.1 Å². The zero-order valence-electron chi connectivity index (χ0n) is 21.9. The van der Waals surface area contributed by atoms with E-state index in [9.17, 15) is 31.1 Å². The molecule has 2 aliphatic rings. The van der Waals surface area contributed by atoms with E-state index in [0.717, 1.165) is 12.8 Å². The molecule has 0 bridgehead atoms. The Labute approximate surface area is 233 Å². The van der Waals surface area contributed by atoms with Crippen LogP contribution >= 0.6 is 0 Å². The monoisotopic (exact) mass is 588 g/mol. The van der Waals surface area contributed by atoms with Gasteiger partial charge in [-0.15, -0.1) is 0 Å². The summed E-state index contributed by atoms with van der Waals surface area (Å²) < 4.78 is 81.0. The van der Waals surface area contributed by atoms with Crippen molar-refractivity contribution in [3.63, 3.8) is 0 Å². The number of fused-ring (bicyclic) bond motifs is 2. The molecule has 9 nitrogen and oxygen atoms in total. The molecule has 1 fully saturated rings. The zero-order chi connectivity index (χ0) is 30.2. The van der Waals surface area contributed by atoms with Gasteiger partial charge in [-0.25, -0.2) is 29.0 Å². The first-order chi connectivity index (χ1) is 19.7. The van der Waals surface area contributed by atoms with E-state index in [-0.39, 0.29) is 46.1 Å². The number of nitrogens with one attached hydrogen (secondary N) is 1. The van der Waals surface area contributed by atoms with E-state index >= 15 is 0 Å². The van der Waals surface area contributed by atoms with Crippen LogP contribution in [-0.2, 0) is 16.6 Å². The number of nitrogen functional groups attached to an aromatic ring is 1. The zero-order valence-corrected chi connectivity index (χ0v) is 21.9. The first-order valence-electron chi connectivity index (χ1n) is 12.9. The van der Waals surface area contributed by atoms with Gasteiger partial charge in [0.05, 0.1) is 16.6 Å². The van der Waals surface area contributed by atoms with Crippen LogP contribution in [0.5, 0.6) is 0 Å². The van der Waals surface area contributed by atoms with Crippen molar-refractivity contribution in [2.75, 3.05) is 11.1 Å². The maximum Gasteiger partial charge on any atom is 0.453 e. The maximum absolute atomic E-state index is 13.8. The number of carbonyl (C=O) groups excluding carboxylic acids is 1. The van der Waals surface area contributed by atoms with Crippen LogP contribution in [-0.4, -0.2) is 47.7 Å². The number of nitrogens with zero attached hydrogens (tertiary/aromatic N) is 6. The number of alkyl halides is 5. The number of anilines is 2. The van der Waals surface area contributed by atoms with Gasteiger partial charge in [0.2, 0.25) is 5.91 Å². The normalized spacial score (nSPS) is 18.8. The Morgan fingerprint density at radius 3 is 2.43 bits per heavy atom. The fourth-order valence-corrected chi connectivity index (χ4v) is 5.14. The molecule has 42 heavy (non-hydrogen) atoms. The quantitative estimate of drug-likeness (QED) is 0.278. The van der Waals surface area contributed by atoms with Gasteiger partial charge in [0.15, 0.2) is 11.5 Å². The van der Waals surface area contributed by atoms with Gasteiger partial charge in [-0.05, 0) is 37.5 Å². The van der Waals surface area contributed by atoms with Crippen LogP contribution in [0.4, 0.5) is 38.0 Å². The van der Waals surface area contributed by atoms with Crippen LogP contribution in [0, 0.1) is 5.82 Å². The summed E-state index contributed by atoms with van der Waals surface area (Å²) in [7, 11) is 0. The Morgan fingerprint density at radius 2 is 1.81 bits per heavy atom. The maximum atomic E-state index is 13.8. The average Bonchev–Trinajstić information content (AvgIpc) is 3.65. The molecule has 4 heterocycles. The number of benzene rings is 1. The number of aryl methyl sites for hydroxylation is 1. The molecule has 15 heteroatoms. The van der Waals surface area contributed by atoms with Crippen molar-refractivity contribution < 1.29 is 31.1 Å². The molecule has 1 amide bonds. The molecule has 1 unspecified atom stereocenters. The predicted molar refractivity (Wildman–Crippen MR) is 140 cm³/mol. The summed E-state index contributed by atoms with van der Waals surface area (Å²) in [6.45, 7) is 5.28. The van der Waals surface area contributed by atoms with Gasteiger partial charge in [-0.3, -0.25) is 4.79 Å². The highest BCUT2D eigenvalue weighted by molar-refractivity contribution is 6.09. The second-order valence-electron chi connectivity index (χ2n) is 10.4. The fourth-order valence-electron chi connectivity index (χ4n) is 5.14. The van der Waals surface area contributed by atoms with Crippen molar-refractivity contribution in [3.8, 4) is 11.5 Å². The van der Waals surface area contributed by atoms with Crippen LogP contribution in [0.15, 0.2) is 30.8 Å². The molecule has 3 aromatic heterocycles. The van der Waals surface area contributed by atoms with E-state index in [1.54, 1.807) is 6.92 Å². The number of hydrogen-bond donors (Lipinski definition) is 2. The fraction of sp³-hybridized carbons (Fsp3) is 0.333. The molecule has 0 radical (unpaired) electrons. The number of hydrogen-bond acceptors (Lipinski definition) is 7. The lowest BCUT2D eigenvalue weighted by Gasteiger charge is -2.23. The molecular weight excluding hydrogens is 566 g/mol. The molecule has 1 aliphatic carbocycles. The number of carbonyl (C=O) groups is 1. The SMILES string of the molecule is C=Cn1nc(C2CC2)c2c(-c3nc(N)c4c(n3)NC(=O)C4(C)c3ccc(F)cc3)nc(CCC(F)(F)C(F)(F)F)nc21. The number of nitrogens with two attached hydrogens (primary N) is 1. The van der Waals surface area contributed by atoms with Crippen LogP contribution in [0.1, 0.15) is 54.7 Å². The third-order valence-electron chi connectivity index (χ3n) is 7.60. The van der Waals surface area contributed by atoms with Gasteiger partial charge in [-0.2, -0.15) is 27.1 Å². The molecule has 1 saturated carbocycles. The summed E-state index contributed by atoms with van der Waals surface area (Å²) in [4.78, 5) is 30.7. The van der Waals surface area contributed by atoms with Crippen molar-refractivity contribution in [3.05, 3.63) is 59.3 Å². The standard InChI is InChI=1S/C27H22F6N8O/c1-3-41-23-16(18(40-41)12-4-5-12)19(35-15(36-23)10-11-26(29,30)27(31,32)33)22-37-20(34)17-21(38-22)39-24(42)25(17,2)13-6-8-14(28)9-7-13/h3,6-9,12H,1,4-5,10-11H2,2H3,(H3,34,37,38,39,42). The van der Waals surface area contributed by atoms with Crippen molar-refractivity contribution in [2.24, 2.45) is 0 Å². The summed E-state index contributed by atoms with van der Waals surface area (Å²) in [6.07, 6.45) is -5.21. The number of aromatic nitrogens is 6. The molecule has 3 N–H and O–H groups in total. The summed E-state index contributed by atoms with van der Waals surface area (Å²) in [5.41, 5.74) is 6.39. The summed E-state index contributed by atoms with van der Waals surface area (Å²) in [5, 5.41) is 7.55. The van der Waals surface area contributed by atoms with Crippen molar-refractivity contribution >= 4 is 34.8 Å². The highest BCUT2D eigenvalue weighted by Gasteiger charge is 2.56. The van der Waals surface area contributed by atoms with Crippen LogP contribution in [0.2, 0.25) is 0 Å². The molecule has 4 aromatic rings. The van der Waals surface area contributed by atoms with Crippen molar-refractivity contribution in [2.45, 2.75) is 56.0 Å². The van der Waals surface area contributed by atoms with E-state index in [1.165, 1.54) is 35.1 Å². The average molecular weight is 589 g/mol. The predicted octanol–water partition coefficient (Wildman–Crippen LogP) is 5.37. The third kappa shape index (κ3) is 4.25. The minimum atomic E-state index is -5.74. The van der Waals surface area contributed by atoms with E-state index in [2.05, 4.69) is 36.9 Å². The first-order valence-corrected chi connectivity index (χ1v) is 12.9. The van der Waals surface area contributed by atoms with Crippen molar-refractivity contribution in [1.82, 2.24) is 29.7 Å². The van der Waals surface area contributed by atoms with Gasteiger partial charge in [0.1, 0.15) is 34.4 Å². The van der Waals surface area contributed by atoms with E-state index in [1.807, 2.05) is 0 Å². The highest BCUT2D eigenvalue weighted by atomic mass is 19.4. The summed E-state index contributed by atoms with van der Waals surface area (Å²) in [5.74, 6) is -6.42. The Kier molecular flexibility index (Phi) is 6.06. The van der Waals surface area contributed by atoms with Gasteiger partial charge in [-0.1, -0.05) is 18.7 Å². The Hall–Kier alpha value is -4.56. The van der Waals surface area contributed by atoms with Crippen LogP contribution in [0.25, 0.3) is 28.8 Å². The van der Waals surface area contributed by atoms with Gasteiger partial charge >= 0.3 is 12.1 Å². The minimum absolute atomic E-state index is 0.0134. The third-order valence-corrected chi connectivity index (χ3v) is 7.60. The number of halogens is 6.